The van der Waals surface area contributed by atoms with Crippen molar-refractivity contribution in [3.8, 4) is 5.75 Å². The molecule has 1 fully saturated rings. The van der Waals surface area contributed by atoms with Crippen LogP contribution in [0.1, 0.15) is 30.1 Å². The minimum Gasteiger partial charge on any atom is -0.489 e. The third-order valence-corrected chi connectivity index (χ3v) is 3.95. The Balaban J connectivity index is 1.61. The molecule has 0 amide bonds. The molecule has 0 unspecified atom stereocenters. The van der Waals surface area contributed by atoms with Crippen LogP contribution in [-0.2, 0) is 6.61 Å². The van der Waals surface area contributed by atoms with Gasteiger partial charge in [-0.1, -0.05) is 12.1 Å². The summed E-state index contributed by atoms with van der Waals surface area (Å²) in [7, 11) is 0. The number of H-pyrrole nitrogens is 1. The van der Waals surface area contributed by atoms with Crippen molar-refractivity contribution >= 4 is 10.9 Å². The van der Waals surface area contributed by atoms with Crippen LogP contribution in [0, 0.1) is 5.82 Å². The van der Waals surface area contributed by atoms with E-state index in [1.54, 1.807) is 30.3 Å². The van der Waals surface area contributed by atoms with E-state index in [2.05, 4.69) is 9.97 Å². The monoisotopic (exact) mass is 310 g/mol. The van der Waals surface area contributed by atoms with Gasteiger partial charge >= 0.3 is 0 Å². The first-order valence-electron chi connectivity index (χ1n) is 7.60. The number of ether oxygens (including phenoxy) is 1. The first kappa shape index (κ1) is 13.9. The van der Waals surface area contributed by atoms with Crippen molar-refractivity contribution < 1.29 is 9.13 Å². The Morgan fingerprint density at radius 3 is 2.87 bits per heavy atom. The highest BCUT2D eigenvalue weighted by molar-refractivity contribution is 5.79. The van der Waals surface area contributed by atoms with Crippen LogP contribution < -0.4 is 10.3 Å². The van der Waals surface area contributed by atoms with Crippen LogP contribution in [0.4, 0.5) is 4.39 Å². The van der Waals surface area contributed by atoms with Gasteiger partial charge in [-0.3, -0.25) is 4.79 Å². The highest BCUT2D eigenvalue weighted by atomic mass is 19.1. The summed E-state index contributed by atoms with van der Waals surface area (Å²) < 4.78 is 18.9. The molecule has 0 bridgehead atoms. The van der Waals surface area contributed by atoms with Crippen LogP contribution in [0.5, 0.6) is 5.75 Å². The average molecular weight is 310 g/mol. The van der Waals surface area contributed by atoms with E-state index in [1.165, 1.54) is 12.1 Å². The van der Waals surface area contributed by atoms with Crippen LogP contribution in [-0.4, -0.2) is 9.97 Å². The van der Waals surface area contributed by atoms with E-state index < -0.39 is 0 Å². The van der Waals surface area contributed by atoms with Crippen LogP contribution in [0.3, 0.4) is 0 Å². The second-order valence-corrected chi connectivity index (χ2v) is 5.82. The summed E-state index contributed by atoms with van der Waals surface area (Å²) in [6.45, 7) is 0.266. The SMILES string of the molecule is O=c1[nH]c(C2CC2)nc2cc(OCc3cccc(F)c3)ccc12. The summed E-state index contributed by atoms with van der Waals surface area (Å²) in [6.07, 6.45) is 2.15. The minimum atomic E-state index is -0.285. The minimum absolute atomic E-state index is 0.117. The predicted octanol–water partition coefficient (Wildman–Crippen LogP) is 3.52. The summed E-state index contributed by atoms with van der Waals surface area (Å²) in [4.78, 5) is 19.5. The van der Waals surface area contributed by atoms with E-state index in [0.717, 1.165) is 24.2 Å². The fraction of sp³-hybridized carbons (Fsp3) is 0.222. The van der Waals surface area contributed by atoms with Gasteiger partial charge < -0.3 is 9.72 Å². The van der Waals surface area contributed by atoms with Gasteiger partial charge in [-0.05, 0) is 42.7 Å². The summed E-state index contributed by atoms with van der Waals surface area (Å²) in [6, 6.07) is 11.5. The molecule has 0 aliphatic heterocycles. The Hall–Kier alpha value is -2.69. The van der Waals surface area contributed by atoms with Crippen LogP contribution in [0.15, 0.2) is 47.3 Å². The molecule has 0 radical (unpaired) electrons. The predicted molar refractivity (Wildman–Crippen MR) is 85.1 cm³/mol. The number of aromatic nitrogens is 2. The lowest BCUT2D eigenvalue weighted by Crippen LogP contribution is -2.11. The van der Waals surface area contributed by atoms with Gasteiger partial charge in [0.05, 0.1) is 10.9 Å². The van der Waals surface area contributed by atoms with Gasteiger partial charge in [0.2, 0.25) is 0 Å². The Labute approximate surface area is 132 Å². The molecule has 3 aromatic rings. The maximum atomic E-state index is 13.2. The highest BCUT2D eigenvalue weighted by Crippen LogP contribution is 2.37. The summed E-state index contributed by atoms with van der Waals surface area (Å²) >= 11 is 0. The van der Waals surface area contributed by atoms with Crippen molar-refractivity contribution in [2.45, 2.75) is 25.4 Å². The van der Waals surface area contributed by atoms with Gasteiger partial charge in [0.1, 0.15) is 24.0 Å². The number of aromatic amines is 1. The second kappa shape index (κ2) is 5.50. The number of hydrogen-bond acceptors (Lipinski definition) is 3. The second-order valence-electron chi connectivity index (χ2n) is 5.82. The zero-order valence-electron chi connectivity index (χ0n) is 12.4. The molecule has 1 heterocycles. The molecule has 1 saturated carbocycles. The van der Waals surface area contributed by atoms with E-state index in [9.17, 15) is 9.18 Å². The molecule has 4 nitrogen and oxygen atoms in total. The molecule has 1 aliphatic rings. The molecule has 0 spiro atoms. The maximum Gasteiger partial charge on any atom is 0.258 e. The zero-order chi connectivity index (χ0) is 15.8. The first-order chi connectivity index (χ1) is 11.2. The molecule has 23 heavy (non-hydrogen) atoms. The lowest BCUT2D eigenvalue weighted by molar-refractivity contribution is 0.306. The number of benzene rings is 2. The number of hydrogen-bond donors (Lipinski definition) is 1. The highest BCUT2D eigenvalue weighted by Gasteiger charge is 2.26. The first-order valence-corrected chi connectivity index (χ1v) is 7.60. The van der Waals surface area contributed by atoms with Gasteiger partial charge in [-0.25, -0.2) is 9.37 Å². The third-order valence-electron chi connectivity index (χ3n) is 3.95. The molecule has 4 rings (SSSR count). The smallest absolute Gasteiger partial charge is 0.258 e. The fourth-order valence-electron chi connectivity index (χ4n) is 2.57. The molecule has 0 saturated heterocycles. The fourth-order valence-corrected chi connectivity index (χ4v) is 2.57. The standard InChI is InChI=1S/C18H15FN2O2/c19-13-3-1-2-11(8-13)10-23-14-6-7-15-16(9-14)20-17(12-4-5-12)21-18(15)22/h1-3,6-9,12H,4-5,10H2,(H,20,21,22). The number of halogens is 1. The molecule has 116 valence electrons. The lowest BCUT2D eigenvalue weighted by Gasteiger charge is -2.08. The zero-order valence-corrected chi connectivity index (χ0v) is 12.4. The van der Waals surface area contributed by atoms with Gasteiger partial charge in [0.25, 0.3) is 5.56 Å². The van der Waals surface area contributed by atoms with Crippen molar-refractivity contribution in [3.05, 3.63) is 70.0 Å². The van der Waals surface area contributed by atoms with Gasteiger partial charge in [-0.2, -0.15) is 0 Å². The average Bonchev–Trinajstić information content (AvgIpc) is 3.37. The van der Waals surface area contributed by atoms with Gasteiger partial charge in [-0.15, -0.1) is 0 Å². The van der Waals surface area contributed by atoms with Crippen molar-refractivity contribution in [2.24, 2.45) is 0 Å². The Morgan fingerprint density at radius 2 is 2.09 bits per heavy atom. The molecule has 0 atom stereocenters. The number of nitrogens with one attached hydrogen (secondary N) is 1. The summed E-state index contributed by atoms with van der Waals surface area (Å²) in [5.74, 6) is 1.46. The van der Waals surface area contributed by atoms with Gasteiger partial charge in [0.15, 0.2) is 0 Å². The van der Waals surface area contributed by atoms with E-state index in [-0.39, 0.29) is 18.0 Å². The number of rotatable bonds is 4. The summed E-state index contributed by atoms with van der Waals surface area (Å²) in [5, 5.41) is 0.549. The van der Waals surface area contributed by atoms with Crippen LogP contribution in [0.2, 0.25) is 0 Å². The molecule has 1 N–H and O–H groups in total. The van der Waals surface area contributed by atoms with E-state index in [4.69, 9.17) is 4.74 Å². The Kier molecular flexibility index (Phi) is 3.33. The maximum absolute atomic E-state index is 13.2. The van der Waals surface area contributed by atoms with Gasteiger partial charge in [0, 0.05) is 12.0 Å². The molecule has 2 aromatic carbocycles. The quantitative estimate of drug-likeness (QED) is 0.802. The number of fused-ring (bicyclic) bond motifs is 1. The van der Waals surface area contributed by atoms with Crippen molar-refractivity contribution in [3.63, 3.8) is 0 Å². The Bertz CT molecular complexity index is 932. The molecular weight excluding hydrogens is 295 g/mol. The van der Waals surface area contributed by atoms with E-state index >= 15 is 0 Å². The number of nitrogens with zero attached hydrogens (tertiary/aromatic N) is 1. The summed E-state index contributed by atoms with van der Waals surface area (Å²) in [5.41, 5.74) is 1.27. The van der Waals surface area contributed by atoms with Crippen LogP contribution >= 0.6 is 0 Å². The molecule has 1 aliphatic carbocycles. The molecule has 5 heteroatoms. The largest absolute Gasteiger partial charge is 0.489 e. The van der Waals surface area contributed by atoms with E-state index in [0.29, 0.717) is 22.6 Å². The van der Waals surface area contributed by atoms with Crippen molar-refractivity contribution in [1.29, 1.82) is 0 Å². The third kappa shape index (κ3) is 2.95. The molecule has 1 aromatic heterocycles. The van der Waals surface area contributed by atoms with Crippen molar-refractivity contribution in [1.82, 2.24) is 9.97 Å². The van der Waals surface area contributed by atoms with Crippen LogP contribution in [0.25, 0.3) is 10.9 Å². The van der Waals surface area contributed by atoms with E-state index in [1.807, 2.05) is 0 Å². The normalized spacial score (nSPS) is 14.1. The molecular formula is C18H15FN2O2. The topological polar surface area (TPSA) is 55.0 Å². The lowest BCUT2D eigenvalue weighted by atomic mass is 10.2. The Morgan fingerprint density at radius 1 is 1.22 bits per heavy atom. The van der Waals surface area contributed by atoms with Crippen molar-refractivity contribution in [2.75, 3.05) is 0 Å².